The summed E-state index contributed by atoms with van der Waals surface area (Å²) < 4.78 is 11.2. The monoisotopic (exact) mass is 259 g/mol. The minimum atomic E-state index is 0.0650. The van der Waals surface area contributed by atoms with Crippen molar-refractivity contribution in [2.24, 2.45) is 11.1 Å². The van der Waals surface area contributed by atoms with Gasteiger partial charge in [-0.25, -0.2) is 0 Å². The maximum atomic E-state index is 5.89. The number of nitrogens with two attached hydrogens (primary N) is 1. The Morgan fingerprint density at radius 1 is 1.26 bits per heavy atom. The first-order chi connectivity index (χ1) is 9.06. The summed E-state index contributed by atoms with van der Waals surface area (Å²) in [6.07, 6.45) is 2.93. The van der Waals surface area contributed by atoms with E-state index in [1.165, 1.54) is 10.9 Å². The first-order valence-electron chi connectivity index (χ1n) is 6.81. The van der Waals surface area contributed by atoms with Crippen molar-refractivity contribution in [1.29, 1.82) is 0 Å². The third-order valence-corrected chi connectivity index (χ3v) is 4.18. The van der Waals surface area contributed by atoms with Gasteiger partial charge >= 0.3 is 0 Å². The van der Waals surface area contributed by atoms with Gasteiger partial charge in [0.25, 0.3) is 0 Å². The van der Waals surface area contributed by atoms with Crippen LogP contribution in [0.4, 0.5) is 0 Å². The molecular weight excluding hydrogens is 238 g/mol. The number of hydrogen-bond donors (Lipinski definition) is 1. The average molecular weight is 259 g/mol. The molecule has 1 fully saturated rings. The lowest BCUT2D eigenvalue weighted by Crippen LogP contribution is -2.50. The standard InChI is InChI=1S/C16H21NO2/c1-15(2,9-17)8-16(10-18-11-16)13-7-19-14-6-4-3-5-12(13)14/h3-7H,8-11,17H2,1-2H3. The van der Waals surface area contributed by atoms with Crippen LogP contribution in [0.2, 0.25) is 0 Å². The van der Waals surface area contributed by atoms with Gasteiger partial charge in [0.1, 0.15) is 5.58 Å². The van der Waals surface area contributed by atoms with Crippen LogP contribution in [-0.2, 0) is 10.2 Å². The highest BCUT2D eigenvalue weighted by Crippen LogP contribution is 2.45. The van der Waals surface area contributed by atoms with E-state index in [-0.39, 0.29) is 10.8 Å². The summed E-state index contributed by atoms with van der Waals surface area (Å²) in [5, 5.41) is 1.21. The molecule has 1 aliphatic heterocycles. The summed E-state index contributed by atoms with van der Waals surface area (Å²) in [6.45, 7) is 6.65. The number of para-hydroxylation sites is 1. The number of fused-ring (bicyclic) bond motifs is 1. The molecule has 3 heteroatoms. The summed E-state index contributed by atoms with van der Waals surface area (Å²) in [4.78, 5) is 0. The van der Waals surface area contributed by atoms with E-state index in [1.807, 2.05) is 18.4 Å². The first kappa shape index (κ1) is 12.7. The molecule has 0 bridgehead atoms. The van der Waals surface area contributed by atoms with Gasteiger partial charge in [-0.05, 0) is 24.4 Å². The van der Waals surface area contributed by atoms with E-state index in [9.17, 15) is 0 Å². The van der Waals surface area contributed by atoms with E-state index < -0.39 is 0 Å². The van der Waals surface area contributed by atoms with Crippen LogP contribution in [0.5, 0.6) is 0 Å². The third kappa shape index (κ3) is 2.07. The molecule has 1 saturated heterocycles. The maximum Gasteiger partial charge on any atom is 0.134 e. The Bertz CT molecular complexity index is 581. The zero-order valence-electron chi connectivity index (χ0n) is 11.6. The summed E-state index contributed by atoms with van der Waals surface area (Å²) in [5.41, 5.74) is 8.30. The molecule has 2 heterocycles. The van der Waals surface area contributed by atoms with Crippen molar-refractivity contribution in [2.45, 2.75) is 25.7 Å². The van der Waals surface area contributed by atoms with Crippen LogP contribution >= 0.6 is 0 Å². The molecule has 3 nitrogen and oxygen atoms in total. The van der Waals surface area contributed by atoms with Crippen LogP contribution in [0.25, 0.3) is 11.0 Å². The Labute approximate surface area is 113 Å². The maximum absolute atomic E-state index is 5.89. The predicted octanol–water partition coefficient (Wildman–Crippen LogP) is 3.08. The van der Waals surface area contributed by atoms with Crippen molar-refractivity contribution in [3.8, 4) is 0 Å². The highest BCUT2D eigenvalue weighted by atomic mass is 16.5. The predicted molar refractivity (Wildman–Crippen MR) is 76.2 cm³/mol. The number of rotatable bonds is 4. The molecule has 0 spiro atoms. The van der Waals surface area contributed by atoms with Crippen LogP contribution in [0.3, 0.4) is 0 Å². The number of hydrogen-bond acceptors (Lipinski definition) is 3. The molecular formula is C16H21NO2. The summed E-state index contributed by atoms with van der Waals surface area (Å²) in [5.74, 6) is 0. The fraction of sp³-hybridized carbons (Fsp3) is 0.500. The summed E-state index contributed by atoms with van der Waals surface area (Å²) in [6, 6.07) is 8.20. The van der Waals surface area contributed by atoms with Crippen LogP contribution in [-0.4, -0.2) is 19.8 Å². The van der Waals surface area contributed by atoms with E-state index in [2.05, 4.69) is 26.0 Å². The van der Waals surface area contributed by atoms with Gasteiger partial charge < -0.3 is 14.9 Å². The fourth-order valence-corrected chi connectivity index (χ4v) is 3.08. The van der Waals surface area contributed by atoms with Crippen LogP contribution in [0.15, 0.2) is 34.9 Å². The molecule has 0 aliphatic carbocycles. The molecule has 2 N–H and O–H groups in total. The zero-order valence-corrected chi connectivity index (χ0v) is 11.6. The van der Waals surface area contributed by atoms with Gasteiger partial charge in [-0.15, -0.1) is 0 Å². The SMILES string of the molecule is CC(C)(CN)CC1(c2coc3ccccc23)COC1. The average Bonchev–Trinajstić information content (AvgIpc) is 2.78. The lowest BCUT2D eigenvalue weighted by molar-refractivity contribution is -0.0782. The van der Waals surface area contributed by atoms with Crippen molar-refractivity contribution in [3.05, 3.63) is 36.1 Å². The molecule has 102 valence electrons. The molecule has 1 aromatic carbocycles. The molecule has 0 saturated carbocycles. The van der Waals surface area contributed by atoms with Gasteiger partial charge in [0.2, 0.25) is 0 Å². The largest absolute Gasteiger partial charge is 0.464 e. The van der Waals surface area contributed by atoms with Crippen molar-refractivity contribution in [1.82, 2.24) is 0 Å². The Balaban J connectivity index is 2.02. The van der Waals surface area contributed by atoms with E-state index in [0.29, 0.717) is 6.54 Å². The van der Waals surface area contributed by atoms with Crippen molar-refractivity contribution >= 4 is 11.0 Å². The Kier molecular flexibility index (Phi) is 2.91. The third-order valence-electron chi connectivity index (χ3n) is 4.18. The van der Waals surface area contributed by atoms with E-state index in [0.717, 1.165) is 25.2 Å². The number of furan rings is 1. The second-order valence-electron chi connectivity index (χ2n) is 6.46. The normalized spacial score (nSPS) is 18.5. The molecule has 19 heavy (non-hydrogen) atoms. The lowest BCUT2D eigenvalue weighted by Gasteiger charge is -2.45. The second kappa shape index (κ2) is 4.36. The zero-order chi connectivity index (χ0) is 13.5. The molecule has 0 amide bonds. The Hall–Kier alpha value is -1.32. The van der Waals surface area contributed by atoms with Crippen LogP contribution in [0.1, 0.15) is 25.8 Å². The highest BCUT2D eigenvalue weighted by Gasteiger charge is 2.45. The van der Waals surface area contributed by atoms with Gasteiger partial charge in [-0.1, -0.05) is 32.0 Å². The minimum Gasteiger partial charge on any atom is -0.464 e. The van der Waals surface area contributed by atoms with Crippen LogP contribution in [0, 0.1) is 5.41 Å². The smallest absolute Gasteiger partial charge is 0.134 e. The summed E-state index contributed by atoms with van der Waals surface area (Å²) in [7, 11) is 0. The molecule has 1 aliphatic rings. The van der Waals surface area contributed by atoms with Gasteiger partial charge in [-0.3, -0.25) is 0 Å². The number of benzene rings is 1. The fourth-order valence-electron chi connectivity index (χ4n) is 3.08. The molecule has 3 rings (SSSR count). The van der Waals surface area contributed by atoms with Crippen molar-refractivity contribution < 1.29 is 9.15 Å². The molecule has 1 aromatic heterocycles. The quantitative estimate of drug-likeness (QED) is 0.918. The molecule has 0 unspecified atom stereocenters. The van der Waals surface area contributed by atoms with Gasteiger partial charge in [0.05, 0.1) is 19.5 Å². The van der Waals surface area contributed by atoms with Gasteiger partial charge in [-0.2, -0.15) is 0 Å². The lowest BCUT2D eigenvalue weighted by atomic mass is 9.67. The van der Waals surface area contributed by atoms with Crippen molar-refractivity contribution in [2.75, 3.05) is 19.8 Å². The van der Waals surface area contributed by atoms with Gasteiger partial charge in [0, 0.05) is 16.4 Å². The molecule has 0 atom stereocenters. The minimum absolute atomic E-state index is 0.0650. The van der Waals surface area contributed by atoms with Gasteiger partial charge in [0.15, 0.2) is 0 Å². The van der Waals surface area contributed by atoms with E-state index >= 15 is 0 Å². The highest BCUT2D eigenvalue weighted by molar-refractivity contribution is 5.82. The van der Waals surface area contributed by atoms with Crippen LogP contribution < -0.4 is 5.73 Å². The Morgan fingerprint density at radius 3 is 2.63 bits per heavy atom. The Morgan fingerprint density at radius 2 is 2.00 bits per heavy atom. The first-order valence-corrected chi connectivity index (χ1v) is 6.81. The molecule has 2 aromatic rings. The van der Waals surface area contributed by atoms with Crippen molar-refractivity contribution in [3.63, 3.8) is 0 Å². The second-order valence-corrected chi connectivity index (χ2v) is 6.46. The van der Waals surface area contributed by atoms with E-state index in [1.54, 1.807) is 0 Å². The topological polar surface area (TPSA) is 48.4 Å². The molecule has 0 radical (unpaired) electrons. The number of ether oxygens (including phenoxy) is 1. The summed E-state index contributed by atoms with van der Waals surface area (Å²) >= 11 is 0. The van der Waals surface area contributed by atoms with E-state index in [4.69, 9.17) is 14.9 Å².